The van der Waals surface area contributed by atoms with Crippen LogP contribution in [0.3, 0.4) is 0 Å². The topological polar surface area (TPSA) is 141 Å². The highest BCUT2D eigenvalue weighted by Crippen LogP contribution is 2.42. The molecule has 4 aromatic carbocycles. The molecule has 0 fully saturated rings. The second-order valence-electron chi connectivity index (χ2n) is 12.3. The molecule has 0 saturated carbocycles. The van der Waals surface area contributed by atoms with Gasteiger partial charge in [0.15, 0.2) is 40.3 Å². The van der Waals surface area contributed by atoms with Gasteiger partial charge in [0.2, 0.25) is 5.75 Å². The predicted molar refractivity (Wildman–Crippen MR) is 203 cm³/mol. The normalized spacial score (nSPS) is 13.2. The number of nitrogens with zero attached hydrogens (tertiary/aromatic N) is 1. The summed E-state index contributed by atoms with van der Waals surface area (Å²) in [6.45, 7) is 1.06. The number of nitrogens with one attached hydrogen (secondary N) is 2. The maximum Gasteiger partial charge on any atom is 0.255 e. The standard InChI is InChI=1S/C41H45N3O10/c1-46-28-13-14-30-29(23-28)41(45)43-40(42-30)26-12-16-33(35(20-26)48-3)52-17-9-7-8-10-18-53-36-19-25(11-15-32(36)47-2)31-24-34(54-44-31)27-21-37(49-4)39(51-6)38(22-27)50-5/h11-16,19-24,40,42H,7-10,17-18H2,1-6H3,(H,43,45). The van der Waals surface area contributed by atoms with Crippen LogP contribution in [0, 0.1) is 0 Å². The lowest BCUT2D eigenvalue weighted by Crippen LogP contribution is -2.38. The Labute approximate surface area is 314 Å². The van der Waals surface area contributed by atoms with Gasteiger partial charge in [-0.2, -0.15) is 0 Å². The molecule has 1 unspecified atom stereocenters. The number of ether oxygens (including phenoxy) is 8. The number of methoxy groups -OCH3 is 6. The smallest absolute Gasteiger partial charge is 0.255 e. The van der Waals surface area contributed by atoms with E-state index in [9.17, 15) is 4.79 Å². The van der Waals surface area contributed by atoms with Crippen molar-refractivity contribution in [3.05, 3.63) is 83.9 Å². The van der Waals surface area contributed by atoms with Crippen molar-refractivity contribution < 1.29 is 47.2 Å². The van der Waals surface area contributed by atoms with Gasteiger partial charge >= 0.3 is 0 Å². The first-order valence-electron chi connectivity index (χ1n) is 17.5. The van der Waals surface area contributed by atoms with Gasteiger partial charge < -0.3 is 53.1 Å². The molecule has 0 saturated heterocycles. The molecule has 1 atom stereocenters. The number of benzene rings is 4. The minimum absolute atomic E-state index is 0.180. The van der Waals surface area contributed by atoms with Crippen molar-refractivity contribution in [3.63, 3.8) is 0 Å². The van der Waals surface area contributed by atoms with Gasteiger partial charge in [0.25, 0.3) is 5.91 Å². The zero-order valence-corrected chi connectivity index (χ0v) is 31.3. The number of unbranched alkanes of at least 4 members (excludes halogenated alkanes) is 3. The van der Waals surface area contributed by atoms with Crippen molar-refractivity contribution in [2.24, 2.45) is 0 Å². The van der Waals surface area contributed by atoms with E-state index >= 15 is 0 Å². The van der Waals surface area contributed by atoms with E-state index in [1.165, 1.54) is 0 Å². The quantitative estimate of drug-likeness (QED) is 0.0843. The Morgan fingerprint density at radius 2 is 1.26 bits per heavy atom. The Bertz CT molecular complexity index is 2040. The number of amides is 1. The molecule has 1 aliphatic heterocycles. The number of carbonyl (C=O) groups excluding carboxylic acids is 1. The van der Waals surface area contributed by atoms with Gasteiger partial charge in [0.05, 0.1) is 61.4 Å². The maximum atomic E-state index is 12.8. The van der Waals surface area contributed by atoms with Crippen molar-refractivity contribution in [1.29, 1.82) is 0 Å². The predicted octanol–water partition coefficient (Wildman–Crippen LogP) is 7.93. The van der Waals surface area contributed by atoms with E-state index in [1.54, 1.807) is 48.7 Å². The summed E-state index contributed by atoms with van der Waals surface area (Å²) in [5.74, 6) is 5.01. The average molecular weight is 740 g/mol. The lowest BCUT2D eigenvalue weighted by molar-refractivity contribution is 0.0935. The largest absolute Gasteiger partial charge is 0.497 e. The van der Waals surface area contributed by atoms with Gasteiger partial charge in [-0.3, -0.25) is 4.79 Å². The first-order chi connectivity index (χ1) is 26.4. The molecule has 5 aromatic rings. The van der Waals surface area contributed by atoms with Gasteiger partial charge in [0, 0.05) is 22.9 Å². The van der Waals surface area contributed by atoms with Crippen LogP contribution in [-0.4, -0.2) is 66.9 Å². The summed E-state index contributed by atoms with van der Waals surface area (Å²) in [4.78, 5) is 12.8. The van der Waals surface area contributed by atoms with E-state index in [2.05, 4.69) is 15.8 Å². The number of hydrogen-bond acceptors (Lipinski definition) is 12. The van der Waals surface area contributed by atoms with Crippen molar-refractivity contribution in [1.82, 2.24) is 10.5 Å². The summed E-state index contributed by atoms with van der Waals surface area (Å²) in [5, 5.41) is 10.7. The number of aromatic nitrogens is 1. The second kappa shape index (κ2) is 17.5. The van der Waals surface area contributed by atoms with Crippen LogP contribution >= 0.6 is 0 Å². The number of carbonyl (C=O) groups is 1. The van der Waals surface area contributed by atoms with Crippen LogP contribution in [0.25, 0.3) is 22.6 Å². The molecule has 54 heavy (non-hydrogen) atoms. The van der Waals surface area contributed by atoms with Gasteiger partial charge in [-0.15, -0.1) is 0 Å². The highest BCUT2D eigenvalue weighted by Gasteiger charge is 2.26. The third kappa shape index (κ3) is 8.35. The zero-order valence-electron chi connectivity index (χ0n) is 31.3. The van der Waals surface area contributed by atoms with Crippen molar-refractivity contribution in [2.75, 3.05) is 61.2 Å². The van der Waals surface area contributed by atoms with Crippen LogP contribution in [0.1, 0.15) is 47.8 Å². The molecule has 0 bridgehead atoms. The molecule has 1 aliphatic rings. The Morgan fingerprint density at radius 1 is 0.593 bits per heavy atom. The summed E-state index contributed by atoms with van der Waals surface area (Å²) in [6.07, 6.45) is 3.23. The maximum absolute atomic E-state index is 12.8. The van der Waals surface area contributed by atoms with Crippen LogP contribution in [0.4, 0.5) is 5.69 Å². The van der Waals surface area contributed by atoms with Gasteiger partial charge in [0.1, 0.15) is 17.6 Å². The third-order valence-electron chi connectivity index (χ3n) is 9.04. The minimum Gasteiger partial charge on any atom is -0.497 e. The van der Waals surface area contributed by atoms with Crippen LogP contribution < -0.4 is 48.5 Å². The number of hydrogen-bond donors (Lipinski definition) is 2. The van der Waals surface area contributed by atoms with E-state index in [0.29, 0.717) is 76.2 Å². The van der Waals surface area contributed by atoms with Crippen molar-refractivity contribution >= 4 is 11.6 Å². The molecule has 0 aliphatic carbocycles. The Hall–Kier alpha value is -6.24. The van der Waals surface area contributed by atoms with E-state index in [-0.39, 0.29) is 5.91 Å². The number of fused-ring (bicyclic) bond motifs is 1. The van der Waals surface area contributed by atoms with E-state index < -0.39 is 6.17 Å². The minimum atomic E-state index is -0.415. The Balaban J connectivity index is 0.973. The first-order valence-corrected chi connectivity index (χ1v) is 17.5. The number of anilines is 1. The molecule has 1 aromatic heterocycles. The van der Waals surface area contributed by atoms with Crippen LogP contribution in [0.5, 0.6) is 46.0 Å². The lowest BCUT2D eigenvalue weighted by atomic mass is 10.0. The summed E-state index contributed by atoms with van der Waals surface area (Å²) in [6, 6.07) is 22.2. The molecule has 13 heteroatoms. The number of rotatable bonds is 18. The molecule has 0 spiro atoms. The SMILES string of the molecule is COc1ccc2c(c1)C(=O)NC(c1ccc(OCCCCCCOc3cc(-c4cc(-c5cc(OC)c(OC)c(OC)c5)on4)ccc3OC)c(OC)c1)N2. The van der Waals surface area contributed by atoms with Crippen LogP contribution in [-0.2, 0) is 0 Å². The van der Waals surface area contributed by atoms with Gasteiger partial charge in [-0.25, -0.2) is 0 Å². The Morgan fingerprint density at radius 3 is 1.93 bits per heavy atom. The van der Waals surface area contributed by atoms with E-state index in [4.69, 9.17) is 42.4 Å². The summed E-state index contributed by atoms with van der Waals surface area (Å²) in [5.41, 5.74) is 4.30. The Kier molecular flexibility index (Phi) is 12.2. The molecular formula is C41H45N3O10. The monoisotopic (exact) mass is 739 g/mol. The summed E-state index contributed by atoms with van der Waals surface area (Å²) < 4.78 is 50.8. The van der Waals surface area contributed by atoms with E-state index in [0.717, 1.165) is 48.1 Å². The fourth-order valence-electron chi connectivity index (χ4n) is 6.16. The fourth-order valence-corrected chi connectivity index (χ4v) is 6.16. The molecule has 2 N–H and O–H groups in total. The molecule has 2 heterocycles. The molecule has 284 valence electrons. The fraction of sp³-hybridized carbons (Fsp3) is 0.317. The first kappa shape index (κ1) is 37.5. The van der Waals surface area contributed by atoms with Gasteiger partial charge in [-0.1, -0.05) is 11.2 Å². The summed E-state index contributed by atoms with van der Waals surface area (Å²) >= 11 is 0. The van der Waals surface area contributed by atoms with Crippen molar-refractivity contribution in [2.45, 2.75) is 31.8 Å². The second-order valence-corrected chi connectivity index (χ2v) is 12.3. The van der Waals surface area contributed by atoms with Crippen LogP contribution in [0.15, 0.2) is 77.3 Å². The molecule has 1 amide bonds. The highest BCUT2D eigenvalue weighted by molar-refractivity contribution is 6.02. The van der Waals surface area contributed by atoms with Gasteiger partial charge in [-0.05, 0) is 91.9 Å². The zero-order chi connectivity index (χ0) is 38.0. The van der Waals surface area contributed by atoms with Crippen LogP contribution in [0.2, 0.25) is 0 Å². The lowest BCUT2D eigenvalue weighted by Gasteiger charge is -2.28. The summed E-state index contributed by atoms with van der Waals surface area (Å²) in [7, 11) is 9.48. The molecule has 6 rings (SSSR count). The molecule has 0 radical (unpaired) electrons. The van der Waals surface area contributed by atoms with E-state index in [1.807, 2.05) is 66.7 Å². The highest BCUT2D eigenvalue weighted by atomic mass is 16.5. The van der Waals surface area contributed by atoms with Crippen molar-refractivity contribution in [3.8, 4) is 68.6 Å². The molecule has 13 nitrogen and oxygen atoms in total. The third-order valence-corrected chi connectivity index (χ3v) is 9.04. The molecular weight excluding hydrogens is 694 g/mol. The average Bonchev–Trinajstić information content (AvgIpc) is 3.71.